The first-order valence-electron chi connectivity index (χ1n) is 12.2. The Balaban J connectivity index is 1.23. The Morgan fingerprint density at radius 3 is 2.67 bits per heavy atom. The molecule has 9 heteroatoms. The van der Waals surface area contributed by atoms with E-state index in [0.29, 0.717) is 24.9 Å². The lowest BCUT2D eigenvalue weighted by molar-refractivity contribution is -0.131. The van der Waals surface area contributed by atoms with Crippen LogP contribution in [0.5, 0.6) is 5.88 Å². The highest BCUT2D eigenvalue weighted by Crippen LogP contribution is 2.47. The van der Waals surface area contributed by atoms with Crippen LogP contribution in [-0.4, -0.2) is 70.4 Å². The summed E-state index contributed by atoms with van der Waals surface area (Å²) in [5, 5.41) is 0.983. The third kappa shape index (κ3) is 4.71. The molecule has 2 amide bonds. The van der Waals surface area contributed by atoms with Gasteiger partial charge >= 0.3 is 0 Å². The van der Waals surface area contributed by atoms with Crippen molar-refractivity contribution >= 4 is 33.4 Å². The number of fused-ring (bicyclic) bond motifs is 3. The zero-order valence-electron chi connectivity index (χ0n) is 19.3. The van der Waals surface area contributed by atoms with E-state index in [1.54, 1.807) is 17.7 Å². The van der Waals surface area contributed by atoms with Gasteiger partial charge in [-0.25, -0.2) is 9.97 Å². The minimum absolute atomic E-state index is 0.105. The minimum atomic E-state index is -0.267. The highest BCUT2D eigenvalue weighted by atomic mass is 32.1. The molecule has 3 aliphatic rings. The van der Waals surface area contributed by atoms with Gasteiger partial charge in [-0.05, 0) is 69.9 Å². The molecular formula is C24H33N5O3S. The first kappa shape index (κ1) is 22.5. The van der Waals surface area contributed by atoms with E-state index in [1.807, 2.05) is 4.90 Å². The molecular weight excluding hydrogens is 438 g/mol. The third-order valence-corrected chi connectivity index (χ3v) is 8.71. The lowest BCUT2D eigenvalue weighted by Gasteiger charge is -2.35. The molecule has 1 aliphatic heterocycles. The molecule has 8 nitrogen and oxygen atoms in total. The van der Waals surface area contributed by atoms with Gasteiger partial charge in [0.25, 0.3) is 0 Å². The lowest BCUT2D eigenvalue weighted by atomic mass is 9.92. The van der Waals surface area contributed by atoms with Crippen molar-refractivity contribution in [3.05, 3.63) is 16.8 Å². The number of hydrogen-bond acceptors (Lipinski definition) is 7. The maximum absolute atomic E-state index is 12.5. The van der Waals surface area contributed by atoms with Gasteiger partial charge in [0.05, 0.1) is 11.9 Å². The molecule has 2 N–H and O–H groups in total. The van der Waals surface area contributed by atoms with E-state index < -0.39 is 0 Å². The molecule has 178 valence electrons. The highest BCUT2D eigenvalue weighted by Gasteiger charge is 2.33. The average Bonchev–Trinajstić information content (AvgIpc) is 3.52. The fourth-order valence-electron chi connectivity index (χ4n) is 5.75. The highest BCUT2D eigenvalue weighted by molar-refractivity contribution is 7.19. The maximum atomic E-state index is 12.5. The number of carbonyl (C=O) groups is 2. The number of hydrogen-bond donors (Lipinski definition) is 1. The van der Waals surface area contributed by atoms with E-state index in [4.69, 9.17) is 10.5 Å². The predicted molar refractivity (Wildman–Crippen MR) is 127 cm³/mol. The van der Waals surface area contributed by atoms with E-state index in [0.717, 1.165) is 74.7 Å². The number of thiophene rings is 1. The molecule has 2 aromatic rings. The smallest absolute Gasteiger partial charge is 0.236 e. The van der Waals surface area contributed by atoms with E-state index in [1.165, 1.54) is 10.4 Å². The van der Waals surface area contributed by atoms with Crippen LogP contribution in [0.1, 0.15) is 67.7 Å². The van der Waals surface area contributed by atoms with Gasteiger partial charge in [-0.15, -0.1) is 11.3 Å². The Hall–Kier alpha value is -2.26. The average molecular weight is 472 g/mol. The van der Waals surface area contributed by atoms with E-state index in [2.05, 4.69) is 21.9 Å². The molecule has 2 aliphatic carbocycles. The number of nitrogens with zero attached hydrogens (tertiary/aromatic N) is 4. The normalized spacial score (nSPS) is 25.0. The van der Waals surface area contributed by atoms with Crippen LogP contribution in [0.3, 0.4) is 0 Å². The number of likely N-dealkylation sites (N-methyl/N-ethyl adjacent to an activating group) is 1. The van der Waals surface area contributed by atoms with Crippen molar-refractivity contribution in [2.24, 2.45) is 5.73 Å². The van der Waals surface area contributed by atoms with Crippen LogP contribution in [0.15, 0.2) is 6.33 Å². The monoisotopic (exact) mass is 471 g/mol. The van der Waals surface area contributed by atoms with Gasteiger partial charge in [0.2, 0.25) is 17.7 Å². The summed E-state index contributed by atoms with van der Waals surface area (Å²) in [5.74, 6) is 0.776. The number of likely N-dealkylation sites (tertiary alicyclic amines) is 1. The van der Waals surface area contributed by atoms with Crippen LogP contribution < -0.4 is 10.5 Å². The molecule has 0 spiro atoms. The molecule has 2 aromatic heterocycles. The number of rotatable bonds is 7. The molecule has 5 rings (SSSR count). The lowest BCUT2D eigenvalue weighted by Crippen LogP contribution is -2.44. The molecule has 0 unspecified atom stereocenters. The number of carbonyl (C=O) groups excluding carboxylic acids is 2. The van der Waals surface area contributed by atoms with Crippen LogP contribution in [0.2, 0.25) is 0 Å². The van der Waals surface area contributed by atoms with Crippen LogP contribution >= 0.6 is 11.3 Å². The summed E-state index contributed by atoms with van der Waals surface area (Å²) < 4.78 is 6.44. The Kier molecular flexibility index (Phi) is 6.51. The van der Waals surface area contributed by atoms with Crippen molar-refractivity contribution in [1.82, 2.24) is 19.8 Å². The SMILES string of the molecule is CN(CC(=O)N1CCCC1)[C@H]1CC[C@H](Oc2ncnc3sc4c(c23)[C@@H](CC(N)=O)CC4)CC1. The topological polar surface area (TPSA) is 102 Å². The standard InChI is InChI=1S/C24H33N5O3S/c1-28(13-20(31)29-10-2-3-11-29)16-5-7-17(8-6-16)32-23-22-21-15(12-19(25)30)4-9-18(21)33-24(22)27-14-26-23/h14-17H,2-13H2,1H3,(H2,25,30)/t15-,16-,17-/m1/s1. The second-order valence-electron chi connectivity index (χ2n) is 9.76. The van der Waals surface area contributed by atoms with E-state index in [-0.39, 0.29) is 23.8 Å². The van der Waals surface area contributed by atoms with Crippen LogP contribution in [0.4, 0.5) is 0 Å². The summed E-state index contributed by atoms with van der Waals surface area (Å²) in [6.07, 6.45) is 10.1. The predicted octanol–water partition coefficient (Wildman–Crippen LogP) is 2.84. The Labute approximate surface area is 198 Å². The second-order valence-corrected chi connectivity index (χ2v) is 10.8. The van der Waals surface area contributed by atoms with Crippen molar-refractivity contribution in [3.63, 3.8) is 0 Å². The number of amides is 2. The van der Waals surface area contributed by atoms with Crippen molar-refractivity contribution in [2.75, 3.05) is 26.7 Å². The number of aryl methyl sites for hydroxylation is 1. The summed E-state index contributed by atoms with van der Waals surface area (Å²) in [5.41, 5.74) is 6.69. The summed E-state index contributed by atoms with van der Waals surface area (Å²) in [6, 6.07) is 0.409. The van der Waals surface area contributed by atoms with Gasteiger partial charge in [-0.2, -0.15) is 0 Å². The van der Waals surface area contributed by atoms with Crippen LogP contribution in [0.25, 0.3) is 10.2 Å². The van der Waals surface area contributed by atoms with E-state index in [9.17, 15) is 9.59 Å². The van der Waals surface area contributed by atoms with Crippen molar-refractivity contribution in [2.45, 2.75) is 75.9 Å². The maximum Gasteiger partial charge on any atom is 0.236 e. The molecule has 0 aromatic carbocycles. The number of aromatic nitrogens is 2. The Morgan fingerprint density at radius 1 is 1.18 bits per heavy atom. The summed E-state index contributed by atoms with van der Waals surface area (Å²) in [6.45, 7) is 2.32. The van der Waals surface area contributed by atoms with Gasteiger partial charge in [-0.3, -0.25) is 14.5 Å². The summed E-state index contributed by atoms with van der Waals surface area (Å²) in [4.78, 5) is 39.5. The molecule has 1 atom stereocenters. The Morgan fingerprint density at radius 2 is 1.94 bits per heavy atom. The molecule has 1 saturated heterocycles. The minimum Gasteiger partial charge on any atom is -0.474 e. The van der Waals surface area contributed by atoms with Gasteiger partial charge < -0.3 is 15.4 Å². The third-order valence-electron chi connectivity index (χ3n) is 7.53. The summed E-state index contributed by atoms with van der Waals surface area (Å²) in [7, 11) is 2.07. The molecule has 0 bridgehead atoms. The quantitative estimate of drug-likeness (QED) is 0.666. The second kappa shape index (κ2) is 9.54. The number of primary amides is 1. The zero-order valence-corrected chi connectivity index (χ0v) is 20.1. The molecule has 1 saturated carbocycles. The molecule has 0 radical (unpaired) electrons. The first-order chi connectivity index (χ1) is 16.0. The number of ether oxygens (including phenoxy) is 1. The molecule has 2 fully saturated rings. The van der Waals surface area contributed by atoms with E-state index >= 15 is 0 Å². The Bertz CT molecular complexity index is 1030. The van der Waals surface area contributed by atoms with Gasteiger partial charge in [-0.1, -0.05) is 0 Å². The van der Waals surface area contributed by atoms with Gasteiger partial charge in [0, 0.05) is 30.4 Å². The van der Waals surface area contributed by atoms with Crippen molar-refractivity contribution < 1.29 is 14.3 Å². The van der Waals surface area contributed by atoms with Gasteiger partial charge in [0.15, 0.2) is 0 Å². The van der Waals surface area contributed by atoms with Gasteiger partial charge in [0.1, 0.15) is 17.3 Å². The summed E-state index contributed by atoms with van der Waals surface area (Å²) >= 11 is 1.69. The van der Waals surface area contributed by atoms with Crippen LogP contribution in [-0.2, 0) is 16.0 Å². The first-order valence-corrected chi connectivity index (χ1v) is 13.0. The fraction of sp³-hybridized carbons (Fsp3) is 0.667. The van der Waals surface area contributed by atoms with Crippen molar-refractivity contribution in [3.8, 4) is 5.88 Å². The van der Waals surface area contributed by atoms with Crippen LogP contribution in [0, 0.1) is 0 Å². The molecule has 33 heavy (non-hydrogen) atoms. The van der Waals surface area contributed by atoms with Crippen molar-refractivity contribution in [1.29, 1.82) is 0 Å². The number of nitrogens with two attached hydrogens (primary N) is 1. The fourth-order valence-corrected chi connectivity index (χ4v) is 6.98. The molecule has 3 heterocycles. The zero-order chi connectivity index (χ0) is 22.9. The largest absolute Gasteiger partial charge is 0.474 e.